The molecule has 0 aromatic heterocycles. The van der Waals surface area contributed by atoms with Gasteiger partial charge in [0.2, 0.25) is 0 Å². The Morgan fingerprint density at radius 1 is 1.43 bits per heavy atom. The van der Waals surface area contributed by atoms with E-state index in [4.69, 9.17) is 36.8 Å². The number of phosphoric ester groups is 1. The van der Waals surface area contributed by atoms with Crippen LogP contribution >= 0.6 is 31.0 Å². The molecule has 0 amide bonds. The quantitative estimate of drug-likeness (QED) is 0.564. The molecule has 0 atom stereocenters. The van der Waals surface area contributed by atoms with Gasteiger partial charge in [-0.15, -0.1) is 0 Å². The summed E-state index contributed by atoms with van der Waals surface area (Å²) in [5.41, 5.74) is -0.161. The summed E-state index contributed by atoms with van der Waals surface area (Å²) in [6, 6.07) is 0. The van der Waals surface area contributed by atoms with Gasteiger partial charge in [0.15, 0.2) is 0 Å². The monoisotopic (exact) mass is 260 g/mol. The second kappa shape index (κ2) is 4.42. The Bertz CT molecular complexity index is 271. The first-order valence-corrected chi connectivity index (χ1v) is 6.13. The summed E-state index contributed by atoms with van der Waals surface area (Å²) in [4.78, 5) is 0. The first-order valence-electron chi connectivity index (χ1n) is 3.92. The zero-order chi connectivity index (χ0) is 10.8. The standard InChI is InChI=1S/C7H11Cl2O4P/c1-7(2)4-12-14(10,13-5-7)11-3-6(8)9/h3H,4-5H2,1-2H3. The lowest BCUT2D eigenvalue weighted by Crippen LogP contribution is -2.29. The normalized spacial score (nSPS) is 24.0. The average molecular weight is 261 g/mol. The van der Waals surface area contributed by atoms with Crippen LogP contribution in [-0.4, -0.2) is 13.2 Å². The molecule has 14 heavy (non-hydrogen) atoms. The van der Waals surface area contributed by atoms with Gasteiger partial charge in [0.25, 0.3) is 0 Å². The van der Waals surface area contributed by atoms with Gasteiger partial charge in [0.1, 0.15) is 10.8 Å². The molecule has 0 aromatic rings. The van der Waals surface area contributed by atoms with Crippen molar-refractivity contribution in [2.24, 2.45) is 5.41 Å². The molecule has 1 rings (SSSR count). The van der Waals surface area contributed by atoms with Crippen molar-refractivity contribution < 1.29 is 18.1 Å². The van der Waals surface area contributed by atoms with Gasteiger partial charge in [0.05, 0.1) is 13.2 Å². The fourth-order valence-corrected chi connectivity index (χ4v) is 2.41. The number of hydrogen-bond donors (Lipinski definition) is 0. The first-order chi connectivity index (χ1) is 6.33. The molecule has 7 heteroatoms. The highest BCUT2D eigenvalue weighted by Gasteiger charge is 2.38. The van der Waals surface area contributed by atoms with Crippen LogP contribution in [0, 0.1) is 5.41 Å². The number of phosphoric acid groups is 1. The van der Waals surface area contributed by atoms with E-state index in [0.29, 0.717) is 13.2 Å². The van der Waals surface area contributed by atoms with Crippen molar-refractivity contribution in [2.45, 2.75) is 13.8 Å². The molecule has 0 aromatic carbocycles. The van der Waals surface area contributed by atoms with Crippen molar-refractivity contribution >= 4 is 31.0 Å². The van der Waals surface area contributed by atoms with Crippen LogP contribution in [-0.2, 0) is 18.1 Å². The van der Waals surface area contributed by atoms with E-state index in [-0.39, 0.29) is 9.91 Å². The molecular weight excluding hydrogens is 250 g/mol. The Hall–Kier alpha value is 0.270. The highest BCUT2D eigenvalue weighted by atomic mass is 35.5. The van der Waals surface area contributed by atoms with E-state index in [9.17, 15) is 4.57 Å². The molecule has 4 nitrogen and oxygen atoms in total. The SMILES string of the molecule is CC1(C)COP(=O)(OC=C(Cl)Cl)OC1. The molecule has 0 spiro atoms. The lowest BCUT2D eigenvalue weighted by atomic mass is 9.97. The highest BCUT2D eigenvalue weighted by Crippen LogP contribution is 2.55. The Balaban J connectivity index is 2.54. The lowest BCUT2D eigenvalue weighted by molar-refractivity contribution is 0.0125. The number of halogens is 2. The zero-order valence-corrected chi connectivity index (χ0v) is 10.2. The third kappa shape index (κ3) is 3.79. The second-order valence-electron chi connectivity index (χ2n) is 3.67. The van der Waals surface area contributed by atoms with Gasteiger partial charge in [-0.1, -0.05) is 37.0 Å². The molecule has 0 bridgehead atoms. The molecule has 0 radical (unpaired) electrons. The Labute approximate surface area is 92.7 Å². The van der Waals surface area contributed by atoms with Gasteiger partial charge < -0.3 is 4.52 Å². The van der Waals surface area contributed by atoms with E-state index in [1.165, 1.54) is 0 Å². The topological polar surface area (TPSA) is 44.8 Å². The Morgan fingerprint density at radius 2 is 1.93 bits per heavy atom. The molecule has 1 saturated heterocycles. The maximum absolute atomic E-state index is 11.6. The summed E-state index contributed by atoms with van der Waals surface area (Å²) in [5, 5.41) is 0. The average Bonchev–Trinajstić information content (AvgIpc) is 2.08. The van der Waals surface area contributed by atoms with E-state index in [0.717, 1.165) is 6.26 Å². The molecule has 0 saturated carbocycles. The van der Waals surface area contributed by atoms with Crippen molar-refractivity contribution in [3.63, 3.8) is 0 Å². The van der Waals surface area contributed by atoms with Crippen LogP contribution in [0.15, 0.2) is 10.8 Å². The zero-order valence-electron chi connectivity index (χ0n) is 7.83. The predicted octanol–water partition coefficient (Wildman–Crippen LogP) is 3.46. The molecular formula is C7H11Cl2O4P. The third-order valence-electron chi connectivity index (χ3n) is 1.50. The maximum Gasteiger partial charge on any atom is 0.529 e. The smallest absolute Gasteiger partial charge is 0.409 e. The van der Waals surface area contributed by atoms with Crippen LogP contribution in [0.2, 0.25) is 0 Å². The summed E-state index contributed by atoms with van der Waals surface area (Å²) in [6.07, 6.45) is 0.933. The summed E-state index contributed by atoms with van der Waals surface area (Å²) in [7, 11) is -3.49. The van der Waals surface area contributed by atoms with Crippen LogP contribution in [0.3, 0.4) is 0 Å². The minimum Gasteiger partial charge on any atom is -0.409 e. The first kappa shape index (κ1) is 12.3. The fourth-order valence-electron chi connectivity index (χ4n) is 0.752. The molecule has 1 fully saturated rings. The summed E-state index contributed by atoms with van der Waals surface area (Å²) >= 11 is 10.6. The van der Waals surface area contributed by atoms with Crippen LogP contribution in [0.4, 0.5) is 0 Å². The van der Waals surface area contributed by atoms with Gasteiger partial charge in [-0.25, -0.2) is 4.57 Å². The minimum absolute atomic E-state index is 0.141. The maximum atomic E-state index is 11.6. The van der Waals surface area contributed by atoms with E-state index in [2.05, 4.69) is 0 Å². The third-order valence-corrected chi connectivity index (χ3v) is 2.93. The minimum atomic E-state index is -3.49. The van der Waals surface area contributed by atoms with Crippen molar-refractivity contribution in [3.05, 3.63) is 10.8 Å². The van der Waals surface area contributed by atoms with Crippen LogP contribution in [0.5, 0.6) is 0 Å². The second-order valence-corrected chi connectivity index (χ2v) is 6.30. The summed E-state index contributed by atoms with van der Waals surface area (Å²) in [5.74, 6) is 0. The fraction of sp³-hybridized carbons (Fsp3) is 0.714. The van der Waals surface area contributed by atoms with Gasteiger partial charge in [-0.3, -0.25) is 9.05 Å². The summed E-state index contributed by atoms with van der Waals surface area (Å²) < 4.78 is 26.1. The van der Waals surface area contributed by atoms with Crippen molar-refractivity contribution in [3.8, 4) is 0 Å². The van der Waals surface area contributed by atoms with Crippen LogP contribution in [0.25, 0.3) is 0 Å². The van der Waals surface area contributed by atoms with Gasteiger partial charge in [-0.2, -0.15) is 0 Å². The molecule has 1 heterocycles. The van der Waals surface area contributed by atoms with Crippen molar-refractivity contribution in [1.29, 1.82) is 0 Å². The molecule has 82 valence electrons. The van der Waals surface area contributed by atoms with E-state index >= 15 is 0 Å². The van der Waals surface area contributed by atoms with Gasteiger partial charge >= 0.3 is 7.82 Å². The Kier molecular flexibility index (Phi) is 3.89. The Morgan fingerprint density at radius 3 is 2.36 bits per heavy atom. The largest absolute Gasteiger partial charge is 0.529 e. The lowest BCUT2D eigenvalue weighted by Gasteiger charge is -2.32. The molecule has 1 aliphatic heterocycles. The van der Waals surface area contributed by atoms with Crippen LogP contribution < -0.4 is 0 Å². The van der Waals surface area contributed by atoms with E-state index < -0.39 is 7.82 Å². The molecule has 1 aliphatic rings. The van der Waals surface area contributed by atoms with Crippen molar-refractivity contribution in [2.75, 3.05) is 13.2 Å². The van der Waals surface area contributed by atoms with E-state index in [1.807, 2.05) is 13.8 Å². The van der Waals surface area contributed by atoms with Crippen LogP contribution in [0.1, 0.15) is 13.8 Å². The van der Waals surface area contributed by atoms with Crippen molar-refractivity contribution in [1.82, 2.24) is 0 Å². The van der Waals surface area contributed by atoms with Gasteiger partial charge in [0, 0.05) is 5.41 Å². The predicted molar refractivity (Wildman–Crippen MR) is 54.2 cm³/mol. The van der Waals surface area contributed by atoms with Gasteiger partial charge in [-0.05, 0) is 0 Å². The highest BCUT2D eigenvalue weighted by molar-refractivity contribution is 7.48. The van der Waals surface area contributed by atoms with E-state index in [1.54, 1.807) is 0 Å². The number of rotatable bonds is 2. The summed E-state index contributed by atoms with van der Waals surface area (Å²) in [6.45, 7) is 4.47. The molecule has 0 unspecified atom stereocenters. The number of hydrogen-bond acceptors (Lipinski definition) is 4. The molecule has 0 aliphatic carbocycles. The molecule has 0 N–H and O–H groups in total.